The van der Waals surface area contributed by atoms with Gasteiger partial charge in [0.1, 0.15) is 18.0 Å². The number of aliphatic imine (C=N–C) groups is 2. The van der Waals surface area contributed by atoms with Gasteiger partial charge < -0.3 is 14.8 Å². The van der Waals surface area contributed by atoms with Gasteiger partial charge in [0.15, 0.2) is 11.8 Å². The Balaban J connectivity index is 1.88. The minimum Gasteiger partial charge on any atom is -0.530 e. The monoisotopic (exact) mass is 280 g/mol. The number of carbonyl (C=O) groups is 1. The van der Waals surface area contributed by atoms with E-state index in [1.165, 1.54) is 4.90 Å². The quantitative estimate of drug-likeness (QED) is 0.668. The lowest BCUT2D eigenvalue weighted by atomic mass is 9.94. The van der Waals surface area contributed by atoms with Gasteiger partial charge in [0.2, 0.25) is 12.0 Å². The number of quaternary nitrogens is 1. The van der Waals surface area contributed by atoms with Crippen LogP contribution in [0.25, 0.3) is 0 Å². The number of hydrogen-bond acceptors (Lipinski definition) is 4. The van der Waals surface area contributed by atoms with Gasteiger partial charge in [-0.25, -0.2) is 0 Å². The third-order valence-corrected chi connectivity index (χ3v) is 4.01. The number of amides is 1. The molecule has 2 atom stereocenters. The average molecular weight is 281 g/mol. The first kappa shape index (κ1) is 12.4. The Labute approximate surface area is 115 Å². The summed E-state index contributed by atoms with van der Waals surface area (Å²) in [5, 5.41) is 11.0. The fourth-order valence-corrected chi connectivity index (χ4v) is 2.88. The Morgan fingerprint density at radius 3 is 3.21 bits per heavy atom. The van der Waals surface area contributed by atoms with E-state index in [4.69, 9.17) is 11.8 Å². The number of rotatable bonds is 1. The van der Waals surface area contributed by atoms with Crippen LogP contribution in [0, 0.1) is 5.92 Å². The van der Waals surface area contributed by atoms with Crippen LogP contribution in [0.3, 0.4) is 0 Å². The van der Waals surface area contributed by atoms with Crippen molar-refractivity contribution in [2.75, 3.05) is 13.1 Å². The van der Waals surface area contributed by atoms with Crippen LogP contribution in [-0.2, 0) is 0 Å². The van der Waals surface area contributed by atoms with Crippen molar-refractivity contribution >= 4 is 30.4 Å². The molecule has 19 heavy (non-hydrogen) atoms. The number of likely N-dealkylation sites (tertiary alicyclic amines) is 1. The van der Waals surface area contributed by atoms with E-state index in [0.717, 1.165) is 24.2 Å². The van der Waals surface area contributed by atoms with Crippen molar-refractivity contribution in [1.82, 2.24) is 4.90 Å². The van der Waals surface area contributed by atoms with Gasteiger partial charge in [-0.15, -0.1) is 4.00 Å². The molecular formula is C12H13ClN4O2. The van der Waals surface area contributed by atoms with E-state index in [1.54, 1.807) is 25.0 Å². The highest BCUT2D eigenvalue weighted by Gasteiger charge is 2.40. The first-order chi connectivity index (χ1) is 9.10. The Hall–Kier alpha value is -1.66. The van der Waals surface area contributed by atoms with E-state index >= 15 is 0 Å². The number of carbonyl (C=O) groups excluding carboxylic acids is 1. The summed E-state index contributed by atoms with van der Waals surface area (Å²) in [4.78, 5) is 20.7. The summed E-state index contributed by atoms with van der Waals surface area (Å²) < 4.78 is -0.0132. The van der Waals surface area contributed by atoms with Crippen LogP contribution in [0.15, 0.2) is 33.8 Å². The summed E-state index contributed by atoms with van der Waals surface area (Å²) in [5.74, 6) is 0.0506. The highest BCUT2D eigenvalue weighted by atomic mass is 35.5. The Morgan fingerprint density at radius 2 is 2.42 bits per heavy atom. The minimum absolute atomic E-state index is 0.0132. The van der Waals surface area contributed by atoms with Gasteiger partial charge in [0.25, 0.3) is 0 Å². The fraction of sp³-hybridized carbons (Fsp3) is 0.417. The number of allylic oxidation sites excluding steroid dienone is 1. The zero-order chi connectivity index (χ0) is 13.5. The van der Waals surface area contributed by atoms with Gasteiger partial charge in [-0.1, -0.05) is 0 Å². The molecule has 3 rings (SSSR count). The minimum atomic E-state index is -1.12. The predicted octanol–water partition coefficient (Wildman–Crippen LogP) is 0.821. The SMILES string of the molecule is O=C([O-])N1CCCC(C2=C3C=NC=C[N+]3(Cl)C=N2)C1. The largest absolute Gasteiger partial charge is 0.530 e. The highest BCUT2D eigenvalue weighted by Crippen LogP contribution is 2.36. The number of fused-ring (bicyclic) bond motifs is 1. The number of nitrogens with zero attached hydrogens (tertiary/aromatic N) is 4. The van der Waals surface area contributed by atoms with Crippen LogP contribution in [0.1, 0.15) is 12.8 Å². The Morgan fingerprint density at radius 1 is 1.58 bits per heavy atom. The molecule has 0 aromatic carbocycles. The topological polar surface area (TPSA) is 68.1 Å². The molecule has 0 spiro atoms. The highest BCUT2D eigenvalue weighted by molar-refractivity contribution is 6.14. The van der Waals surface area contributed by atoms with Crippen LogP contribution >= 0.6 is 11.8 Å². The Bertz CT molecular complexity index is 540. The lowest BCUT2D eigenvalue weighted by molar-refractivity contribution is -0.592. The molecule has 0 aromatic heterocycles. The van der Waals surface area contributed by atoms with E-state index in [0.29, 0.717) is 13.1 Å². The maximum Gasteiger partial charge on any atom is 0.218 e. The van der Waals surface area contributed by atoms with Gasteiger partial charge >= 0.3 is 0 Å². The molecule has 7 heteroatoms. The van der Waals surface area contributed by atoms with Crippen LogP contribution in [0.4, 0.5) is 4.79 Å². The molecule has 6 nitrogen and oxygen atoms in total. The van der Waals surface area contributed by atoms with Crippen molar-refractivity contribution in [3.05, 3.63) is 23.8 Å². The molecule has 100 valence electrons. The summed E-state index contributed by atoms with van der Waals surface area (Å²) in [6, 6.07) is 0. The van der Waals surface area contributed by atoms with Crippen molar-refractivity contribution in [3.63, 3.8) is 0 Å². The molecular weight excluding hydrogens is 268 g/mol. The molecule has 0 bridgehead atoms. The lowest BCUT2D eigenvalue weighted by Crippen LogP contribution is -2.47. The van der Waals surface area contributed by atoms with Crippen molar-refractivity contribution in [3.8, 4) is 0 Å². The second-order valence-corrected chi connectivity index (χ2v) is 5.39. The molecule has 0 aliphatic carbocycles. The molecule has 3 aliphatic heterocycles. The Kier molecular flexibility index (Phi) is 2.91. The van der Waals surface area contributed by atoms with Crippen molar-refractivity contribution < 1.29 is 13.9 Å². The van der Waals surface area contributed by atoms with E-state index in [1.807, 2.05) is 0 Å². The van der Waals surface area contributed by atoms with E-state index in [9.17, 15) is 9.90 Å². The number of carboxylic acid groups (broad SMARTS) is 1. The van der Waals surface area contributed by atoms with Gasteiger partial charge in [-0.2, -0.15) is 4.99 Å². The molecule has 0 aromatic rings. The summed E-state index contributed by atoms with van der Waals surface area (Å²) in [6.07, 6.45) is 7.25. The van der Waals surface area contributed by atoms with Gasteiger partial charge in [0.05, 0.1) is 12.4 Å². The van der Waals surface area contributed by atoms with Crippen molar-refractivity contribution in [2.24, 2.45) is 15.9 Å². The zero-order valence-electron chi connectivity index (χ0n) is 10.2. The van der Waals surface area contributed by atoms with Crippen LogP contribution in [-0.4, -0.2) is 40.6 Å². The van der Waals surface area contributed by atoms with Gasteiger partial charge in [0, 0.05) is 19.0 Å². The molecule has 0 saturated carbocycles. The molecule has 2 unspecified atom stereocenters. The smallest absolute Gasteiger partial charge is 0.218 e. The van der Waals surface area contributed by atoms with Crippen LogP contribution in [0.5, 0.6) is 0 Å². The predicted molar refractivity (Wildman–Crippen MR) is 69.0 cm³/mol. The zero-order valence-corrected chi connectivity index (χ0v) is 11.0. The van der Waals surface area contributed by atoms with Gasteiger partial charge in [-0.3, -0.25) is 4.99 Å². The van der Waals surface area contributed by atoms with Crippen molar-refractivity contribution in [2.45, 2.75) is 12.8 Å². The van der Waals surface area contributed by atoms with E-state index < -0.39 is 6.09 Å². The molecule has 3 heterocycles. The third kappa shape index (κ3) is 2.06. The molecule has 3 aliphatic rings. The maximum absolute atomic E-state index is 11.0. The second kappa shape index (κ2) is 4.47. The standard InChI is InChI=1S/C12H13ClN4O2/c13-17-5-3-14-6-10(17)11(15-8-17)9-2-1-4-16(7-9)12(18)19/h3,5-6,8-9H,1-2,4,7H2. The fourth-order valence-electron chi connectivity index (χ4n) is 2.65. The average Bonchev–Trinajstić information content (AvgIpc) is 2.76. The van der Waals surface area contributed by atoms with Crippen molar-refractivity contribution in [1.29, 1.82) is 0 Å². The van der Waals surface area contributed by atoms with E-state index in [2.05, 4.69) is 9.98 Å². The van der Waals surface area contributed by atoms with E-state index in [-0.39, 0.29) is 9.92 Å². The molecule has 0 N–H and O–H groups in total. The lowest BCUT2D eigenvalue weighted by Gasteiger charge is -2.34. The molecule has 1 amide bonds. The number of piperidine rings is 1. The normalized spacial score (nSPS) is 32.9. The van der Waals surface area contributed by atoms with Crippen LogP contribution < -0.4 is 5.11 Å². The molecule has 0 radical (unpaired) electrons. The molecule has 1 fully saturated rings. The summed E-state index contributed by atoms with van der Waals surface area (Å²) in [5.41, 5.74) is 1.63. The first-order valence-electron chi connectivity index (χ1n) is 6.15. The summed E-state index contributed by atoms with van der Waals surface area (Å²) in [7, 11) is 0. The summed E-state index contributed by atoms with van der Waals surface area (Å²) in [6.45, 7) is 0.937. The van der Waals surface area contributed by atoms with Crippen LogP contribution in [0.2, 0.25) is 0 Å². The molecule has 1 saturated heterocycles. The summed E-state index contributed by atoms with van der Waals surface area (Å²) >= 11 is 6.40. The maximum atomic E-state index is 11.0. The van der Waals surface area contributed by atoms with Gasteiger partial charge in [-0.05, 0) is 12.8 Å². The number of halogens is 1. The number of hydrogen-bond donors (Lipinski definition) is 0. The first-order valence-corrected chi connectivity index (χ1v) is 6.49. The second-order valence-electron chi connectivity index (χ2n) is 4.83. The third-order valence-electron chi connectivity index (χ3n) is 3.63.